The lowest BCUT2D eigenvalue weighted by atomic mass is 10.0. The fourth-order valence-electron chi connectivity index (χ4n) is 1.74. The highest BCUT2D eigenvalue weighted by atomic mass is 16.5. The molecule has 1 aliphatic carbocycles. The number of carbonyl (C=O) groups excluding carboxylic acids is 4. The lowest BCUT2D eigenvalue weighted by Crippen LogP contribution is -2.14. The lowest BCUT2D eigenvalue weighted by molar-refractivity contribution is -0.140. The summed E-state index contributed by atoms with van der Waals surface area (Å²) in [6, 6.07) is 0. The Labute approximate surface area is 105 Å². The first-order chi connectivity index (χ1) is 8.56. The van der Waals surface area contributed by atoms with Gasteiger partial charge in [-0.05, 0) is 19.3 Å². The molecule has 0 aromatic carbocycles. The van der Waals surface area contributed by atoms with E-state index in [0.29, 0.717) is 19.3 Å². The van der Waals surface area contributed by atoms with Crippen molar-refractivity contribution in [2.75, 3.05) is 7.11 Å². The van der Waals surface area contributed by atoms with Crippen LogP contribution in [0.3, 0.4) is 0 Å². The zero-order valence-electron chi connectivity index (χ0n) is 10.3. The third-order valence-corrected chi connectivity index (χ3v) is 2.80. The lowest BCUT2D eigenvalue weighted by Gasteiger charge is -1.98. The van der Waals surface area contributed by atoms with Crippen LogP contribution >= 0.6 is 0 Å². The van der Waals surface area contributed by atoms with Crippen molar-refractivity contribution in [3.8, 4) is 0 Å². The smallest absolute Gasteiger partial charge is 0.305 e. The quantitative estimate of drug-likeness (QED) is 0.232. The zero-order chi connectivity index (χ0) is 13.5. The second-order valence-corrected chi connectivity index (χ2v) is 4.16. The third-order valence-electron chi connectivity index (χ3n) is 2.80. The van der Waals surface area contributed by atoms with Gasteiger partial charge in [-0.3, -0.25) is 19.2 Å². The summed E-state index contributed by atoms with van der Waals surface area (Å²) >= 11 is 0. The second kappa shape index (κ2) is 6.83. The number of carbonyl (C=O) groups is 4. The standard InChI is InChI=1S/C13H16O5/c1-18-12(16)7-5-3-2-4-6-9-10(14)8-11(15)13(9)17/h4,6,9H,2-3,5,7-8H2,1H3/b6-4-. The molecule has 1 aliphatic rings. The highest BCUT2D eigenvalue weighted by molar-refractivity contribution is 6.50. The number of methoxy groups -OCH3 is 1. The minimum atomic E-state index is -0.877. The summed E-state index contributed by atoms with van der Waals surface area (Å²) in [6.45, 7) is 0. The predicted octanol–water partition coefficient (Wildman–Crippen LogP) is 1.00. The number of esters is 1. The van der Waals surface area contributed by atoms with Crippen LogP contribution in [0.25, 0.3) is 0 Å². The molecule has 0 aromatic rings. The van der Waals surface area contributed by atoms with Crippen LogP contribution in [0.2, 0.25) is 0 Å². The average Bonchev–Trinajstić information content (AvgIpc) is 2.59. The minimum Gasteiger partial charge on any atom is -0.469 e. The van der Waals surface area contributed by atoms with Crippen molar-refractivity contribution in [2.24, 2.45) is 5.92 Å². The maximum atomic E-state index is 11.3. The van der Waals surface area contributed by atoms with Gasteiger partial charge >= 0.3 is 5.97 Å². The molecule has 1 unspecified atom stereocenters. The van der Waals surface area contributed by atoms with Crippen LogP contribution in [0.1, 0.15) is 32.1 Å². The molecule has 0 N–H and O–H groups in total. The van der Waals surface area contributed by atoms with Crippen LogP contribution in [-0.4, -0.2) is 30.4 Å². The molecule has 5 nitrogen and oxygen atoms in total. The van der Waals surface area contributed by atoms with Gasteiger partial charge < -0.3 is 4.74 Å². The summed E-state index contributed by atoms with van der Waals surface area (Å²) in [4.78, 5) is 44.4. The number of allylic oxidation sites excluding steroid dienone is 2. The molecular formula is C13H16O5. The first kappa shape index (κ1) is 14.3. The van der Waals surface area contributed by atoms with Crippen molar-refractivity contribution in [1.29, 1.82) is 0 Å². The van der Waals surface area contributed by atoms with Gasteiger partial charge in [0.2, 0.25) is 11.6 Å². The largest absolute Gasteiger partial charge is 0.469 e. The Morgan fingerprint density at radius 1 is 1.33 bits per heavy atom. The Morgan fingerprint density at radius 2 is 2.06 bits per heavy atom. The van der Waals surface area contributed by atoms with E-state index in [4.69, 9.17) is 0 Å². The Morgan fingerprint density at radius 3 is 2.61 bits per heavy atom. The summed E-state index contributed by atoms with van der Waals surface area (Å²) in [5.41, 5.74) is 0. The van der Waals surface area contributed by atoms with Gasteiger partial charge in [0.1, 0.15) is 5.92 Å². The molecule has 0 bridgehead atoms. The van der Waals surface area contributed by atoms with E-state index >= 15 is 0 Å². The Bertz CT molecular complexity index is 394. The molecule has 1 atom stereocenters. The van der Waals surface area contributed by atoms with E-state index in [1.54, 1.807) is 6.08 Å². The summed E-state index contributed by atoms with van der Waals surface area (Å²) in [5, 5.41) is 0. The summed E-state index contributed by atoms with van der Waals surface area (Å²) in [7, 11) is 1.34. The van der Waals surface area contributed by atoms with Gasteiger partial charge in [0.15, 0.2) is 5.78 Å². The SMILES string of the molecule is COC(=O)CCCC/C=C\C1C(=O)CC(=O)C1=O. The van der Waals surface area contributed by atoms with E-state index in [2.05, 4.69) is 4.74 Å². The number of rotatable bonds is 6. The fraction of sp³-hybridized carbons (Fsp3) is 0.538. The Balaban J connectivity index is 2.25. The van der Waals surface area contributed by atoms with Crippen LogP contribution < -0.4 is 0 Å². The van der Waals surface area contributed by atoms with E-state index in [1.165, 1.54) is 13.2 Å². The molecule has 1 rings (SSSR count). The van der Waals surface area contributed by atoms with Crippen molar-refractivity contribution in [1.82, 2.24) is 0 Å². The number of ether oxygens (including phenoxy) is 1. The van der Waals surface area contributed by atoms with Crippen LogP contribution in [0.15, 0.2) is 12.2 Å². The molecule has 0 aromatic heterocycles. The Hall–Kier alpha value is -1.78. The van der Waals surface area contributed by atoms with Crippen LogP contribution in [0, 0.1) is 5.92 Å². The molecule has 0 heterocycles. The van der Waals surface area contributed by atoms with Gasteiger partial charge in [-0.15, -0.1) is 0 Å². The van der Waals surface area contributed by atoms with E-state index in [9.17, 15) is 19.2 Å². The zero-order valence-corrected chi connectivity index (χ0v) is 10.3. The molecule has 98 valence electrons. The number of Topliss-reactive ketones (excluding diaryl/α,β-unsaturated/α-hetero) is 3. The van der Waals surface area contributed by atoms with E-state index < -0.39 is 17.5 Å². The van der Waals surface area contributed by atoms with Crippen molar-refractivity contribution in [3.05, 3.63) is 12.2 Å². The van der Waals surface area contributed by atoms with Crippen LogP contribution in [-0.2, 0) is 23.9 Å². The van der Waals surface area contributed by atoms with E-state index in [-0.39, 0.29) is 18.2 Å². The molecule has 0 spiro atoms. The average molecular weight is 252 g/mol. The van der Waals surface area contributed by atoms with Gasteiger partial charge in [-0.1, -0.05) is 12.2 Å². The molecule has 18 heavy (non-hydrogen) atoms. The van der Waals surface area contributed by atoms with Crippen molar-refractivity contribution < 1.29 is 23.9 Å². The fourth-order valence-corrected chi connectivity index (χ4v) is 1.74. The number of ketones is 3. The summed E-state index contributed by atoms with van der Waals surface area (Å²) in [5.74, 6) is -2.65. The van der Waals surface area contributed by atoms with E-state index in [1.807, 2.05) is 0 Å². The van der Waals surface area contributed by atoms with E-state index in [0.717, 1.165) is 6.42 Å². The third kappa shape index (κ3) is 3.91. The normalized spacial score (nSPS) is 19.8. The van der Waals surface area contributed by atoms with Crippen LogP contribution in [0.5, 0.6) is 0 Å². The van der Waals surface area contributed by atoms with Gasteiger partial charge in [0, 0.05) is 6.42 Å². The van der Waals surface area contributed by atoms with Gasteiger partial charge in [0.25, 0.3) is 0 Å². The van der Waals surface area contributed by atoms with Gasteiger partial charge in [0.05, 0.1) is 13.5 Å². The van der Waals surface area contributed by atoms with Gasteiger partial charge in [-0.25, -0.2) is 0 Å². The van der Waals surface area contributed by atoms with Crippen molar-refractivity contribution in [2.45, 2.75) is 32.1 Å². The molecule has 5 heteroatoms. The predicted molar refractivity (Wildman–Crippen MR) is 62.8 cm³/mol. The number of unbranched alkanes of at least 4 members (excludes halogenated alkanes) is 2. The molecule has 0 radical (unpaired) electrons. The maximum absolute atomic E-state index is 11.3. The first-order valence-electron chi connectivity index (χ1n) is 5.89. The van der Waals surface area contributed by atoms with Crippen LogP contribution in [0.4, 0.5) is 0 Å². The summed E-state index contributed by atoms with van der Waals surface area (Å²) < 4.78 is 4.49. The summed E-state index contributed by atoms with van der Waals surface area (Å²) in [6.07, 6.45) is 5.45. The minimum absolute atomic E-state index is 0.245. The highest BCUT2D eigenvalue weighted by Crippen LogP contribution is 2.16. The molecule has 0 saturated heterocycles. The Kier molecular flexibility index (Phi) is 5.42. The molecule has 0 aliphatic heterocycles. The first-order valence-corrected chi connectivity index (χ1v) is 5.89. The van der Waals surface area contributed by atoms with Crippen molar-refractivity contribution in [3.63, 3.8) is 0 Å². The number of hydrogen-bond donors (Lipinski definition) is 0. The molecular weight excluding hydrogens is 236 g/mol. The number of hydrogen-bond acceptors (Lipinski definition) is 5. The molecule has 1 fully saturated rings. The van der Waals surface area contributed by atoms with Gasteiger partial charge in [-0.2, -0.15) is 0 Å². The molecule has 1 saturated carbocycles. The van der Waals surface area contributed by atoms with Crippen molar-refractivity contribution >= 4 is 23.3 Å². The maximum Gasteiger partial charge on any atom is 0.305 e. The molecule has 0 amide bonds. The second-order valence-electron chi connectivity index (χ2n) is 4.16. The highest BCUT2D eigenvalue weighted by Gasteiger charge is 2.37. The monoisotopic (exact) mass is 252 g/mol. The topological polar surface area (TPSA) is 77.5 Å².